The van der Waals surface area contributed by atoms with Crippen LogP contribution in [0.4, 0.5) is 0 Å². The van der Waals surface area contributed by atoms with Crippen LogP contribution in [0.3, 0.4) is 0 Å². The van der Waals surface area contributed by atoms with Crippen molar-refractivity contribution in [2.24, 2.45) is 7.05 Å². The van der Waals surface area contributed by atoms with Gasteiger partial charge in [0.1, 0.15) is 11.4 Å². The van der Waals surface area contributed by atoms with Crippen molar-refractivity contribution in [1.29, 1.82) is 0 Å². The topological polar surface area (TPSA) is 67.6 Å². The van der Waals surface area contributed by atoms with Crippen molar-refractivity contribution in [3.8, 4) is 17.0 Å². The number of carbonyl (C=O) groups is 1. The van der Waals surface area contributed by atoms with E-state index in [1.54, 1.807) is 26.0 Å². The van der Waals surface area contributed by atoms with Crippen molar-refractivity contribution in [1.82, 2.24) is 14.7 Å². The van der Waals surface area contributed by atoms with Crippen LogP contribution < -0.4 is 4.74 Å². The summed E-state index contributed by atoms with van der Waals surface area (Å²) >= 11 is 0. The number of aromatic nitrogens is 2. The Bertz CT molecular complexity index is 1130. The standard InChI is InChI=1S/C25H27N3O3/c1-24(2,30)18-10-8-17(9-11-18)23(29)28-14-12-25(13-15-28)20-16-26-27(3)22(20)19-6-4-5-7-21(19)31-25/h4-11,16,30H,12-15H2,1-3H3. The highest BCUT2D eigenvalue weighted by molar-refractivity contribution is 5.94. The molecule has 0 bridgehead atoms. The van der Waals surface area contributed by atoms with Gasteiger partial charge >= 0.3 is 0 Å². The number of amides is 1. The summed E-state index contributed by atoms with van der Waals surface area (Å²) in [6.45, 7) is 4.71. The van der Waals surface area contributed by atoms with Gasteiger partial charge in [-0.05, 0) is 43.7 Å². The number of likely N-dealkylation sites (tertiary alicyclic amines) is 1. The largest absolute Gasteiger partial charge is 0.482 e. The van der Waals surface area contributed by atoms with Gasteiger partial charge in [-0.25, -0.2) is 0 Å². The summed E-state index contributed by atoms with van der Waals surface area (Å²) in [5, 5.41) is 14.7. The van der Waals surface area contributed by atoms with Crippen LogP contribution in [-0.4, -0.2) is 38.8 Å². The number of fused-ring (bicyclic) bond motifs is 4. The first-order valence-electron chi connectivity index (χ1n) is 10.7. The van der Waals surface area contributed by atoms with E-state index in [-0.39, 0.29) is 5.91 Å². The molecule has 0 atom stereocenters. The second-order valence-electron chi connectivity index (χ2n) is 9.05. The Morgan fingerprint density at radius 2 is 1.77 bits per heavy atom. The summed E-state index contributed by atoms with van der Waals surface area (Å²) in [6, 6.07) is 15.3. The Hall–Kier alpha value is -3.12. The van der Waals surface area contributed by atoms with Crippen LogP contribution in [0.1, 0.15) is 48.2 Å². The fourth-order valence-electron chi connectivity index (χ4n) is 4.75. The Morgan fingerprint density at radius 1 is 1.10 bits per heavy atom. The van der Waals surface area contributed by atoms with Gasteiger partial charge in [-0.3, -0.25) is 9.48 Å². The summed E-state index contributed by atoms with van der Waals surface area (Å²) in [5.41, 5.74) is 3.32. The van der Waals surface area contributed by atoms with E-state index < -0.39 is 11.2 Å². The number of nitrogens with zero attached hydrogens (tertiary/aromatic N) is 3. The van der Waals surface area contributed by atoms with Crippen LogP contribution in [0.5, 0.6) is 5.75 Å². The maximum atomic E-state index is 13.1. The van der Waals surface area contributed by atoms with Crippen LogP contribution in [0, 0.1) is 0 Å². The number of carbonyl (C=O) groups excluding carboxylic acids is 1. The van der Waals surface area contributed by atoms with Gasteiger partial charge < -0.3 is 14.7 Å². The molecule has 0 radical (unpaired) electrons. The predicted molar refractivity (Wildman–Crippen MR) is 118 cm³/mol. The highest BCUT2D eigenvalue weighted by Gasteiger charge is 2.45. The molecule has 2 aliphatic heterocycles. The second-order valence-corrected chi connectivity index (χ2v) is 9.05. The summed E-state index contributed by atoms with van der Waals surface area (Å²) < 4.78 is 8.48. The van der Waals surface area contributed by atoms with Crippen LogP contribution >= 0.6 is 0 Å². The number of aliphatic hydroxyl groups is 1. The van der Waals surface area contributed by atoms with Crippen molar-refractivity contribution in [3.05, 3.63) is 71.4 Å². The zero-order valence-electron chi connectivity index (χ0n) is 18.1. The molecule has 1 amide bonds. The van der Waals surface area contributed by atoms with E-state index in [4.69, 9.17) is 4.74 Å². The van der Waals surface area contributed by atoms with E-state index in [0.29, 0.717) is 31.5 Å². The van der Waals surface area contributed by atoms with Gasteiger partial charge in [-0.1, -0.05) is 24.3 Å². The zero-order valence-corrected chi connectivity index (χ0v) is 18.1. The molecule has 3 heterocycles. The van der Waals surface area contributed by atoms with E-state index in [1.165, 1.54) is 0 Å². The molecule has 5 rings (SSSR count). The highest BCUT2D eigenvalue weighted by Crippen LogP contribution is 2.49. The molecule has 0 unspecified atom stereocenters. The fraction of sp³-hybridized carbons (Fsp3) is 0.360. The third-order valence-electron chi connectivity index (χ3n) is 6.57. The molecular formula is C25H27N3O3. The molecule has 6 heteroatoms. The molecule has 1 aromatic heterocycles. The van der Waals surface area contributed by atoms with E-state index in [9.17, 15) is 9.90 Å². The van der Waals surface area contributed by atoms with Crippen molar-refractivity contribution in [3.63, 3.8) is 0 Å². The van der Waals surface area contributed by atoms with Gasteiger partial charge in [0.05, 0.1) is 17.5 Å². The Balaban J connectivity index is 1.37. The number of rotatable bonds is 2. The van der Waals surface area contributed by atoms with Gasteiger partial charge in [0.2, 0.25) is 0 Å². The van der Waals surface area contributed by atoms with Gasteiger partial charge in [0.15, 0.2) is 0 Å². The van der Waals surface area contributed by atoms with Crippen LogP contribution in [0.25, 0.3) is 11.3 Å². The lowest BCUT2D eigenvalue weighted by Crippen LogP contribution is -2.49. The number of para-hydroxylation sites is 1. The molecule has 1 N–H and O–H groups in total. The molecule has 0 aliphatic carbocycles. The minimum Gasteiger partial charge on any atom is -0.482 e. The Labute approximate surface area is 182 Å². The lowest BCUT2D eigenvalue weighted by molar-refractivity contribution is -0.00174. The van der Waals surface area contributed by atoms with E-state index >= 15 is 0 Å². The Kier molecular flexibility index (Phi) is 4.45. The minimum atomic E-state index is -0.922. The molecule has 2 aromatic carbocycles. The quantitative estimate of drug-likeness (QED) is 0.688. The first-order chi connectivity index (χ1) is 14.8. The van der Waals surface area contributed by atoms with Gasteiger partial charge in [0.25, 0.3) is 5.91 Å². The van der Waals surface area contributed by atoms with Gasteiger partial charge in [-0.15, -0.1) is 0 Å². The average molecular weight is 418 g/mol. The molecule has 1 fully saturated rings. The molecule has 160 valence electrons. The molecule has 3 aromatic rings. The summed E-state index contributed by atoms with van der Waals surface area (Å²) in [6.07, 6.45) is 3.35. The highest BCUT2D eigenvalue weighted by atomic mass is 16.5. The van der Waals surface area contributed by atoms with Gasteiger partial charge in [-0.2, -0.15) is 5.10 Å². The first-order valence-corrected chi connectivity index (χ1v) is 10.7. The lowest BCUT2D eigenvalue weighted by Gasteiger charge is -2.44. The van der Waals surface area contributed by atoms with Crippen LogP contribution in [-0.2, 0) is 18.2 Å². The first kappa shape index (κ1) is 19.8. The maximum Gasteiger partial charge on any atom is 0.253 e. The molecule has 6 nitrogen and oxygen atoms in total. The lowest BCUT2D eigenvalue weighted by atomic mass is 9.81. The fourth-order valence-corrected chi connectivity index (χ4v) is 4.75. The third-order valence-corrected chi connectivity index (χ3v) is 6.57. The normalized spacial score (nSPS) is 17.1. The zero-order chi connectivity index (χ0) is 21.8. The number of piperidine rings is 1. The monoisotopic (exact) mass is 417 g/mol. The minimum absolute atomic E-state index is 0.0137. The van der Waals surface area contributed by atoms with E-state index in [0.717, 1.165) is 28.1 Å². The van der Waals surface area contributed by atoms with Crippen molar-refractivity contribution >= 4 is 5.91 Å². The summed E-state index contributed by atoms with van der Waals surface area (Å²) in [4.78, 5) is 15.0. The molecule has 0 saturated carbocycles. The molecule has 2 aliphatic rings. The second kappa shape index (κ2) is 6.95. The molecule has 31 heavy (non-hydrogen) atoms. The Morgan fingerprint density at radius 3 is 2.45 bits per heavy atom. The van der Waals surface area contributed by atoms with Crippen molar-refractivity contribution < 1.29 is 14.6 Å². The maximum absolute atomic E-state index is 13.1. The SMILES string of the molecule is Cn1ncc2c1-c1ccccc1OC21CCN(C(=O)c2ccc(C(C)(C)O)cc2)CC1. The van der Waals surface area contributed by atoms with Gasteiger partial charge in [0, 0.05) is 49.7 Å². The number of hydrogen-bond acceptors (Lipinski definition) is 4. The number of hydrogen-bond donors (Lipinski definition) is 1. The average Bonchev–Trinajstić information content (AvgIpc) is 3.16. The summed E-state index contributed by atoms with van der Waals surface area (Å²) in [5.74, 6) is 0.889. The van der Waals surface area contributed by atoms with Crippen molar-refractivity contribution in [2.45, 2.75) is 37.9 Å². The van der Waals surface area contributed by atoms with Crippen LogP contribution in [0.2, 0.25) is 0 Å². The smallest absolute Gasteiger partial charge is 0.253 e. The van der Waals surface area contributed by atoms with Crippen LogP contribution in [0.15, 0.2) is 54.7 Å². The van der Waals surface area contributed by atoms with E-state index in [2.05, 4.69) is 11.2 Å². The van der Waals surface area contributed by atoms with Crippen molar-refractivity contribution in [2.75, 3.05) is 13.1 Å². The number of aryl methyl sites for hydroxylation is 1. The molecular weight excluding hydrogens is 390 g/mol. The predicted octanol–water partition coefficient (Wildman–Crippen LogP) is 3.84. The summed E-state index contributed by atoms with van der Waals surface area (Å²) in [7, 11) is 1.96. The molecule has 1 spiro atoms. The number of ether oxygens (including phenoxy) is 1. The third kappa shape index (κ3) is 3.22. The molecule has 1 saturated heterocycles. The van der Waals surface area contributed by atoms with E-state index in [1.807, 2.05) is 53.2 Å². The number of benzene rings is 2.